The number of nitrogens with zero attached hydrogens (tertiary/aromatic N) is 2. The van der Waals surface area contributed by atoms with Crippen LogP contribution in [0.2, 0.25) is 0 Å². The maximum Gasteiger partial charge on any atom is 0.321 e. The minimum Gasteiger partial charge on any atom is -0.389 e. The number of rotatable bonds is 6. The fraction of sp³-hybridized carbons (Fsp3) is 0.619. The van der Waals surface area contributed by atoms with Crippen LogP contribution in [0.1, 0.15) is 45.1 Å². The van der Waals surface area contributed by atoms with Crippen molar-refractivity contribution in [3.8, 4) is 0 Å². The highest BCUT2D eigenvalue weighted by molar-refractivity contribution is 5.89. The van der Waals surface area contributed by atoms with Gasteiger partial charge in [-0.15, -0.1) is 0 Å². The van der Waals surface area contributed by atoms with Gasteiger partial charge in [-0.2, -0.15) is 0 Å². The topological polar surface area (TPSA) is 72.9 Å². The molecular weight excluding hydrogens is 342 g/mol. The summed E-state index contributed by atoms with van der Waals surface area (Å²) >= 11 is 0. The number of likely N-dealkylation sites (tertiary alicyclic amines) is 1. The van der Waals surface area contributed by atoms with E-state index in [2.05, 4.69) is 5.32 Å². The van der Waals surface area contributed by atoms with E-state index in [-0.39, 0.29) is 11.9 Å². The second-order valence-electron chi connectivity index (χ2n) is 7.73. The molecule has 3 amide bonds. The molecule has 6 heteroatoms. The standard InChI is InChI=1S/C21H31N3O3/c1-3-23(4-2)19(25)15-16-5-9-18(10-6-16)22-20(26)24-13-11-21(27,12-14-24)17-7-8-17/h5-6,9-10,17,27H,3-4,7-8,11-15H2,1-2H3,(H,22,26). The molecule has 0 atom stereocenters. The quantitative estimate of drug-likeness (QED) is 0.805. The van der Waals surface area contributed by atoms with E-state index in [1.54, 1.807) is 4.90 Å². The Morgan fingerprint density at radius 1 is 1.15 bits per heavy atom. The Bertz CT molecular complexity index is 658. The number of piperidine rings is 1. The molecular formula is C21H31N3O3. The Labute approximate surface area is 161 Å². The summed E-state index contributed by atoms with van der Waals surface area (Å²) in [6.07, 6.45) is 3.94. The molecule has 0 spiro atoms. The normalized spacial score (nSPS) is 18.9. The highest BCUT2D eigenvalue weighted by Gasteiger charge is 2.45. The van der Waals surface area contributed by atoms with E-state index >= 15 is 0 Å². The van der Waals surface area contributed by atoms with Gasteiger partial charge in [-0.05, 0) is 63.1 Å². The Hall–Kier alpha value is -2.08. The van der Waals surface area contributed by atoms with Crippen LogP contribution >= 0.6 is 0 Å². The van der Waals surface area contributed by atoms with Gasteiger partial charge in [0, 0.05) is 31.9 Å². The number of hydrogen-bond acceptors (Lipinski definition) is 3. The first kappa shape index (κ1) is 19.7. The summed E-state index contributed by atoms with van der Waals surface area (Å²) < 4.78 is 0. The van der Waals surface area contributed by atoms with Crippen molar-refractivity contribution in [3.63, 3.8) is 0 Å². The lowest BCUT2D eigenvalue weighted by Gasteiger charge is -2.38. The summed E-state index contributed by atoms with van der Waals surface area (Å²) in [5, 5.41) is 13.5. The van der Waals surface area contributed by atoms with Crippen LogP contribution in [0.25, 0.3) is 0 Å². The second kappa shape index (κ2) is 8.30. The minimum atomic E-state index is -0.560. The number of carbonyl (C=O) groups excluding carboxylic acids is 2. The van der Waals surface area contributed by atoms with Gasteiger partial charge in [0.2, 0.25) is 5.91 Å². The van der Waals surface area contributed by atoms with Crippen molar-refractivity contribution >= 4 is 17.6 Å². The highest BCUT2D eigenvalue weighted by atomic mass is 16.3. The van der Waals surface area contributed by atoms with Crippen molar-refractivity contribution in [2.24, 2.45) is 5.92 Å². The predicted molar refractivity (Wildman–Crippen MR) is 106 cm³/mol. The number of hydrogen-bond donors (Lipinski definition) is 2. The summed E-state index contributed by atoms with van der Waals surface area (Å²) in [6.45, 7) is 6.58. The summed E-state index contributed by atoms with van der Waals surface area (Å²) in [5.41, 5.74) is 1.11. The number of urea groups is 1. The molecule has 3 rings (SSSR count). The molecule has 1 aliphatic heterocycles. The van der Waals surface area contributed by atoms with Crippen LogP contribution in [0.5, 0.6) is 0 Å². The SMILES string of the molecule is CCN(CC)C(=O)Cc1ccc(NC(=O)N2CCC(O)(C3CC3)CC2)cc1. The van der Waals surface area contributed by atoms with Crippen LogP contribution in [0.3, 0.4) is 0 Å². The maximum absolute atomic E-state index is 12.5. The molecule has 0 bridgehead atoms. The molecule has 0 radical (unpaired) electrons. The third kappa shape index (κ3) is 4.80. The number of carbonyl (C=O) groups is 2. The molecule has 0 aromatic heterocycles. The molecule has 1 aliphatic carbocycles. The summed E-state index contributed by atoms with van der Waals surface area (Å²) in [6, 6.07) is 7.33. The average molecular weight is 373 g/mol. The van der Waals surface area contributed by atoms with Crippen molar-refractivity contribution in [3.05, 3.63) is 29.8 Å². The molecule has 1 aromatic carbocycles. The van der Waals surface area contributed by atoms with Gasteiger partial charge in [0.05, 0.1) is 12.0 Å². The van der Waals surface area contributed by atoms with Gasteiger partial charge in [0.15, 0.2) is 0 Å². The van der Waals surface area contributed by atoms with Gasteiger partial charge in [-0.1, -0.05) is 12.1 Å². The van der Waals surface area contributed by atoms with Crippen molar-refractivity contribution in [2.75, 3.05) is 31.5 Å². The van der Waals surface area contributed by atoms with Crippen LogP contribution < -0.4 is 5.32 Å². The van der Waals surface area contributed by atoms with E-state index in [0.29, 0.717) is 38.3 Å². The Kier molecular flexibility index (Phi) is 6.05. The Morgan fingerprint density at radius 3 is 2.26 bits per heavy atom. The second-order valence-corrected chi connectivity index (χ2v) is 7.73. The third-order valence-electron chi connectivity index (χ3n) is 5.93. The zero-order valence-electron chi connectivity index (χ0n) is 16.4. The first-order valence-electron chi connectivity index (χ1n) is 10.1. The maximum atomic E-state index is 12.5. The average Bonchev–Trinajstić information content (AvgIpc) is 3.51. The van der Waals surface area contributed by atoms with Gasteiger partial charge in [-0.3, -0.25) is 4.79 Å². The molecule has 1 heterocycles. The molecule has 2 fully saturated rings. The van der Waals surface area contributed by atoms with Gasteiger partial charge < -0.3 is 20.2 Å². The molecule has 0 unspecified atom stereocenters. The Morgan fingerprint density at radius 2 is 1.74 bits per heavy atom. The van der Waals surface area contributed by atoms with Crippen LogP contribution in [0.15, 0.2) is 24.3 Å². The molecule has 148 valence electrons. The number of aliphatic hydroxyl groups is 1. The van der Waals surface area contributed by atoms with Crippen LogP contribution in [-0.2, 0) is 11.2 Å². The first-order valence-corrected chi connectivity index (χ1v) is 10.1. The zero-order valence-corrected chi connectivity index (χ0v) is 16.4. The molecule has 2 aliphatic rings. The van der Waals surface area contributed by atoms with E-state index in [0.717, 1.165) is 37.2 Å². The predicted octanol–water partition coefficient (Wildman–Crippen LogP) is 2.87. The minimum absolute atomic E-state index is 0.119. The number of likely N-dealkylation sites (N-methyl/N-ethyl adjacent to an activating group) is 1. The van der Waals surface area contributed by atoms with E-state index in [1.807, 2.05) is 43.0 Å². The monoisotopic (exact) mass is 373 g/mol. The number of amides is 3. The van der Waals surface area contributed by atoms with Gasteiger partial charge in [-0.25, -0.2) is 4.79 Å². The summed E-state index contributed by atoms with van der Waals surface area (Å²) in [5.74, 6) is 0.558. The number of nitrogens with one attached hydrogen (secondary N) is 1. The number of anilines is 1. The largest absolute Gasteiger partial charge is 0.389 e. The van der Waals surface area contributed by atoms with E-state index in [1.165, 1.54) is 0 Å². The lowest BCUT2D eigenvalue weighted by Crippen LogP contribution is -2.49. The smallest absolute Gasteiger partial charge is 0.321 e. The summed E-state index contributed by atoms with van der Waals surface area (Å²) in [4.78, 5) is 28.2. The molecule has 2 N–H and O–H groups in total. The van der Waals surface area contributed by atoms with Gasteiger partial charge in [0.1, 0.15) is 0 Å². The third-order valence-corrected chi connectivity index (χ3v) is 5.93. The molecule has 6 nitrogen and oxygen atoms in total. The zero-order chi connectivity index (χ0) is 19.4. The lowest BCUT2D eigenvalue weighted by molar-refractivity contribution is -0.130. The molecule has 1 saturated heterocycles. The van der Waals surface area contributed by atoms with Crippen LogP contribution in [-0.4, -0.2) is 58.6 Å². The highest BCUT2D eigenvalue weighted by Crippen LogP contribution is 2.45. The van der Waals surface area contributed by atoms with E-state index in [9.17, 15) is 14.7 Å². The lowest BCUT2D eigenvalue weighted by atomic mass is 9.87. The molecule has 27 heavy (non-hydrogen) atoms. The van der Waals surface area contributed by atoms with Gasteiger partial charge in [0.25, 0.3) is 0 Å². The number of benzene rings is 1. The van der Waals surface area contributed by atoms with Crippen molar-refractivity contribution in [1.82, 2.24) is 9.80 Å². The van der Waals surface area contributed by atoms with Crippen molar-refractivity contribution in [2.45, 2.75) is 51.6 Å². The van der Waals surface area contributed by atoms with Gasteiger partial charge >= 0.3 is 6.03 Å². The van der Waals surface area contributed by atoms with Crippen LogP contribution in [0.4, 0.5) is 10.5 Å². The molecule has 1 aromatic rings. The fourth-order valence-electron chi connectivity index (χ4n) is 3.90. The van der Waals surface area contributed by atoms with Crippen molar-refractivity contribution < 1.29 is 14.7 Å². The van der Waals surface area contributed by atoms with Crippen LogP contribution in [0, 0.1) is 5.92 Å². The molecule has 1 saturated carbocycles. The fourth-order valence-corrected chi connectivity index (χ4v) is 3.90. The van der Waals surface area contributed by atoms with Crippen molar-refractivity contribution in [1.29, 1.82) is 0 Å². The van der Waals surface area contributed by atoms with E-state index in [4.69, 9.17) is 0 Å². The van der Waals surface area contributed by atoms with E-state index < -0.39 is 5.60 Å². The Balaban J connectivity index is 1.49. The summed E-state index contributed by atoms with van der Waals surface area (Å²) in [7, 11) is 0. The first-order chi connectivity index (χ1) is 12.9.